The van der Waals surface area contributed by atoms with E-state index in [0.717, 1.165) is 15.7 Å². The first-order chi connectivity index (χ1) is 10.0. The van der Waals surface area contributed by atoms with Gasteiger partial charge in [0.2, 0.25) is 0 Å². The van der Waals surface area contributed by atoms with Crippen molar-refractivity contribution in [2.75, 3.05) is 12.4 Å². The van der Waals surface area contributed by atoms with Crippen LogP contribution in [0.25, 0.3) is 0 Å². The van der Waals surface area contributed by atoms with E-state index in [1.165, 1.54) is 7.11 Å². The maximum atomic E-state index is 9.63. The van der Waals surface area contributed by atoms with E-state index < -0.39 is 0 Å². The molecule has 0 aliphatic carbocycles. The molecule has 0 fully saturated rings. The molecule has 0 saturated carbocycles. The molecule has 0 bridgehead atoms. The molecule has 0 amide bonds. The highest BCUT2D eigenvalue weighted by atomic mass is 79.9. The number of rotatable bonds is 4. The Morgan fingerprint density at radius 1 is 1.29 bits per heavy atom. The lowest BCUT2D eigenvalue weighted by Crippen LogP contribution is -2.08. The minimum absolute atomic E-state index is 0.0345. The smallest absolute Gasteiger partial charge is 0.160 e. The fourth-order valence-electron chi connectivity index (χ4n) is 2.01. The van der Waals surface area contributed by atoms with Gasteiger partial charge in [-0.25, -0.2) is 0 Å². The molecule has 4 nitrogen and oxygen atoms in total. The fourth-order valence-corrected chi connectivity index (χ4v) is 2.38. The maximum absolute atomic E-state index is 9.63. The molecule has 2 rings (SSSR count). The number of hydrogen-bond donors (Lipinski definition) is 2. The highest BCUT2D eigenvalue weighted by Crippen LogP contribution is 2.31. The molecule has 1 atom stereocenters. The molecule has 0 aromatic heterocycles. The molecule has 2 N–H and O–H groups in total. The van der Waals surface area contributed by atoms with E-state index in [0.29, 0.717) is 11.3 Å². The second-order valence-electron chi connectivity index (χ2n) is 4.60. The van der Waals surface area contributed by atoms with Crippen molar-refractivity contribution in [3.05, 3.63) is 52.0 Å². The molecule has 21 heavy (non-hydrogen) atoms. The van der Waals surface area contributed by atoms with Crippen LogP contribution in [0.15, 0.2) is 40.9 Å². The van der Waals surface area contributed by atoms with Crippen LogP contribution in [0.3, 0.4) is 0 Å². The summed E-state index contributed by atoms with van der Waals surface area (Å²) in [6.45, 7) is 1.98. The molecule has 5 heteroatoms. The van der Waals surface area contributed by atoms with Gasteiger partial charge in [0.15, 0.2) is 11.5 Å². The number of nitriles is 1. The Balaban J connectivity index is 2.26. The number of benzene rings is 2. The second-order valence-corrected chi connectivity index (χ2v) is 5.51. The zero-order valence-electron chi connectivity index (χ0n) is 11.7. The van der Waals surface area contributed by atoms with Gasteiger partial charge in [0.25, 0.3) is 0 Å². The van der Waals surface area contributed by atoms with Gasteiger partial charge in [-0.05, 0) is 42.8 Å². The van der Waals surface area contributed by atoms with Gasteiger partial charge in [0.1, 0.15) is 6.07 Å². The zero-order chi connectivity index (χ0) is 15.4. The molecule has 0 spiro atoms. The summed E-state index contributed by atoms with van der Waals surface area (Å²) in [6.07, 6.45) is 0. The Morgan fingerprint density at radius 3 is 2.71 bits per heavy atom. The number of phenolic OH excluding ortho intramolecular Hbond substituents is 1. The fraction of sp³-hybridized carbons (Fsp3) is 0.188. The van der Waals surface area contributed by atoms with Gasteiger partial charge in [0, 0.05) is 10.5 Å². The first-order valence-electron chi connectivity index (χ1n) is 6.38. The third-order valence-corrected chi connectivity index (χ3v) is 3.67. The lowest BCUT2D eigenvalue weighted by atomic mass is 10.1. The van der Waals surface area contributed by atoms with E-state index in [1.54, 1.807) is 18.2 Å². The number of phenols is 1. The van der Waals surface area contributed by atoms with Gasteiger partial charge < -0.3 is 15.2 Å². The normalized spacial score (nSPS) is 11.5. The van der Waals surface area contributed by atoms with Crippen LogP contribution in [0.4, 0.5) is 5.69 Å². The zero-order valence-corrected chi connectivity index (χ0v) is 13.3. The lowest BCUT2D eigenvalue weighted by Gasteiger charge is -2.18. The summed E-state index contributed by atoms with van der Waals surface area (Å²) in [4.78, 5) is 0. The Labute approximate surface area is 132 Å². The van der Waals surface area contributed by atoms with E-state index in [9.17, 15) is 10.4 Å². The van der Waals surface area contributed by atoms with E-state index >= 15 is 0 Å². The van der Waals surface area contributed by atoms with Crippen molar-refractivity contribution in [1.82, 2.24) is 0 Å². The van der Waals surface area contributed by atoms with Crippen LogP contribution in [0.2, 0.25) is 0 Å². The van der Waals surface area contributed by atoms with Crippen LogP contribution in [0, 0.1) is 11.3 Å². The minimum Gasteiger partial charge on any atom is -0.504 e. The average Bonchev–Trinajstić information content (AvgIpc) is 2.49. The molecule has 108 valence electrons. The molecular formula is C16H15BrN2O2. The average molecular weight is 347 g/mol. The van der Waals surface area contributed by atoms with Crippen LogP contribution in [-0.2, 0) is 0 Å². The molecule has 0 aliphatic rings. The molecule has 0 aliphatic heterocycles. The van der Waals surface area contributed by atoms with Crippen LogP contribution < -0.4 is 10.1 Å². The summed E-state index contributed by atoms with van der Waals surface area (Å²) in [5.41, 5.74) is 2.29. The van der Waals surface area contributed by atoms with Crippen molar-refractivity contribution in [2.24, 2.45) is 0 Å². The largest absolute Gasteiger partial charge is 0.504 e. The third kappa shape index (κ3) is 3.47. The van der Waals surface area contributed by atoms with Crippen molar-refractivity contribution in [1.29, 1.82) is 5.26 Å². The van der Waals surface area contributed by atoms with E-state index in [2.05, 4.69) is 27.3 Å². The summed E-state index contributed by atoms with van der Waals surface area (Å²) >= 11 is 3.35. The monoisotopic (exact) mass is 346 g/mol. The van der Waals surface area contributed by atoms with Gasteiger partial charge in [-0.3, -0.25) is 0 Å². The number of hydrogen-bond acceptors (Lipinski definition) is 4. The highest BCUT2D eigenvalue weighted by molar-refractivity contribution is 9.10. The van der Waals surface area contributed by atoms with Crippen molar-refractivity contribution < 1.29 is 9.84 Å². The van der Waals surface area contributed by atoms with Crippen LogP contribution in [0.1, 0.15) is 24.1 Å². The van der Waals surface area contributed by atoms with E-state index in [4.69, 9.17) is 4.74 Å². The Bertz CT molecular complexity index is 695. The van der Waals surface area contributed by atoms with Crippen LogP contribution in [0.5, 0.6) is 11.5 Å². The van der Waals surface area contributed by atoms with Gasteiger partial charge >= 0.3 is 0 Å². The second kappa shape index (κ2) is 6.51. The minimum atomic E-state index is -0.0345. The van der Waals surface area contributed by atoms with E-state index in [1.807, 2.05) is 25.1 Å². The van der Waals surface area contributed by atoms with Crippen molar-refractivity contribution in [3.8, 4) is 17.6 Å². The first kappa shape index (κ1) is 15.2. The molecule has 0 radical (unpaired) electrons. The summed E-state index contributed by atoms with van der Waals surface area (Å²) in [5, 5.41) is 22.1. The van der Waals surface area contributed by atoms with Crippen LogP contribution in [-0.4, -0.2) is 12.2 Å². The number of nitrogens with zero attached hydrogens (tertiary/aromatic N) is 1. The van der Waals surface area contributed by atoms with Gasteiger partial charge in [-0.2, -0.15) is 5.26 Å². The van der Waals surface area contributed by atoms with Gasteiger partial charge in [0.05, 0.1) is 18.4 Å². The van der Waals surface area contributed by atoms with Gasteiger partial charge in [-0.15, -0.1) is 0 Å². The van der Waals surface area contributed by atoms with E-state index in [-0.39, 0.29) is 11.8 Å². The van der Waals surface area contributed by atoms with Gasteiger partial charge in [-0.1, -0.05) is 22.0 Å². The maximum Gasteiger partial charge on any atom is 0.160 e. The van der Waals surface area contributed by atoms with Crippen LogP contribution >= 0.6 is 15.9 Å². The standard InChI is InChI=1S/C16H15BrN2O2/c1-10(11-3-6-15(20)16(8-11)21-2)19-14-5-4-13(17)7-12(14)9-18/h3-8,10,19-20H,1-2H3. The molecule has 2 aromatic carbocycles. The van der Waals surface area contributed by atoms with Crippen molar-refractivity contribution in [2.45, 2.75) is 13.0 Å². The Morgan fingerprint density at radius 2 is 2.05 bits per heavy atom. The summed E-state index contributed by atoms with van der Waals surface area (Å²) in [6, 6.07) is 12.8. The number of methoxy groups -OCH3 is 1. The molecule has 2 aromatic rings. The number of ether oxygens (including phenoxy) is 1. The van der Waals surface area contributed by atoms with Crippen molar-refractivity contribution in [3.63, 3.8) is 0 Å². The number of anilines is 1. The Kier molecular flexibility index (Phi) is 4.71. The number of aromatic hydroxyl groups is 1. The summed E-state index contributed by atoms with van der Waals surface area (Å²) in [7, 11) is 1.51. The van der Waals surface area contributed by atoms with Crippen molar-refractivity contribution >= 4 is 21.6 Å². The topological polar surface area (TPSA) is 65.3 Å². The molecule has 0 heterocycles. The highest BCUT2D eigenvalue weighted by Gasteiger charge is 2.11. The molecule has 1 unspecified atom stereocenters. The third-order valence-electron chi connectivity index (χ3n) is 3.18. The predicted octanol–water partition coefficient (Wildman–Crippen LogP) is 4.21. The first-order valence-corrected chi connectivity index (χ1v) is 7.17. The lowest BCUT2D eigenvalue weighted by molar-refractivity contribution is 0.373. The number of halogens is 1. The predicted molar refractivity (Wildman–Crippen MR) is 85.6 cm³/mol. The summed E-state index contributed by atoms with van der Waals surface area (Å²) < 4.78 is 5.97. The molecule has 0 saturated heterocycles. The number of nitrogens with one attached hydrogen (secondary N) is 1. The Hall–Kier alpha value is -2.19. The SMILES string of the molecule is COc1cc(C(C)Nc2ccc(Br)cc2C#N)ccc1O. The molecular weight excluding hydrogens is 332 g/mol. The quantitative estimate of drug-likeness (QED) is 0.870. The summed E-state index contributed by atoms with van der Waals surface area (Å²) in [5.74, 6) is 0.535.